The lowest BCUT2D eigenvalue weighted by molar-refractivity contribution is -0.142. The van der Waals surface area contributed by atoms with Crippen molar-refractivity contribution in [2.24, 2.45) is 0 Å². The largest absolute Gasteiger partial charge is 0.503 e. The van der Waals surface area contributed by atoms with Crippen LogP contribution in [0, 0.1) is 6.92 Å². The molecule has 0 aliphatic rings. The summed E-state index contributed by atoms with van der Waals surface area (Å²) < 4.78 is 21.0. The van der Waals surface area contributed by atoms with Crippen molar-refractivity contribution < 1.29 is 22.8 Å². The van der Waals surface area contributed by atoms with E-state index in [0.717, 1.165) is 11.1 Å². The molecule has 1 aromatic rings. The Morgan fingerprint density at radius 3 is 2.25 bits per heavy atom. The van der Waals surface area contributed by atoms with Crippen LogP contribution in [-0.2, 0) is 29.2 Å². The molecule has 112 valence electrons. The zero-order valence-corrected chi connectivity index (χ0v) is 13.5. The summed E-state index contributed by atoms with van der Waals surface area (Å²) in [6.07, 6.45) is 0.272. The first-order valence-electron chi connectivity index (χ1n) is 6.42. The number of benzene rings is 1. The summed E-state index contributed by atoms with van der Waals surface area (Å²) in [6, 6.07) is 8.20. The van der Waals surface area contributed by atoms with Gasteiger partial charge in [0.2, 0.25) is 0 Å². The number of carbonyl (C=O) groups is 1. The molecule has 0 saturated heterocycles. The monoisotopic (exact) mass is 298 g/mol. The first-order chi connectivity index (χ1) is 9.56. The van der Waals surface area contributed by atoms with Crippen molar-refractivity contribution >= 4 is 14.8 Å². The number of hydrogen-bond acceptors (Lipinski definition) is 5. The van der Waals surface area contributed by atoms with E-state index in [0.29, 0.717) is 6.04 Å². The van der Waals surface area contributed by atoms with Gasteiger partial charge in [-0.1, -0.05) is 24.3 Å². The predicted octanol–water partition coefficient (Wildman–Crippen LogP) is 1.96. The Bertz CT molecular complexity index is 423. The average Bonchev–Trinajstić information content (AvgIpc) is 2.47. The first-order valence-corrected chi connectivity index (χ1v) is 8.35. The summed E-state index contributed by atoms with van der Waals surface area (Å²) in [7, 11) is 1.94. The van der Waals surface area contributed by atoms with Gasteiger partial charge < -0.3 is 18.0 Å². The highest BCUT2D eigenvalue weighted by molar-refractivity contribution is 6.60. The van der Waals surface area contributed by atoms with Crippen LogP contribution in [0.2, 0.25) is 6.04 Å². The van der Waals surface area contributed by atoms with Gasteiger partial charge >= 0.3 is 14.8 Å². The summed E-state index contributed by atoms with van der Waals surface area (Å²) in [5.74, 6) is -0.259. The number of carbonyl (C=O) groups excluding carboxylic acids is 1. The topological polar surface area (TPSA) is 54.0 Å². The van der Waals surface area contributed by atoms with Gasteiger partial charge in [0.15, 0.2) is 0 Å². The second-order valence-corrected chi connectivity index (χ2v) is 7.46. The minimum Gasteiger partial charge on any atom is -0.465 e. The van der Waals surface area contributed by atoms with Crippen LogP contribution >= 0.6 is 0 Å². The Morgan fingerprint density at radius 1 is 1.10 bits per heavy atom. The smallest absolute Gasteiger partial charge is 0.465 e. The average molecular weight is 298 g/mol. The highest BCUT2D eigenvalue weighted by atomic mass is 28.4. The van der Waals surface area contributed by atoms with E-state index >= 15 is 0 Å². The van der Waals surface area contributed by atoms with Gasteiger partial charge in [-0.25, -0.2) is 0 Å². The second kappa shape index (κ2) is 8.16. The molecule has 0 aromatic heterocycles. The molecule has 0 saturated carbocycles. The minimum atomic E-state index is -2.66. The fourth-order valence-electron chi connectivity index (χ4n) is 1.86. The maximum atomic E-state index is 11.8. The summed E-state index contributed by atoms with van der Waals surface area (Å²) >= 11 is 0. The van der Waals surface area contributed by atoms with Gasteiger partial charge in [0.05, 0.1) is 19.1 Å². The van der Waals surface area contributed by atoms with Crippen molar-refractivity contribution in [3.63, 3.8) is 0 Å². The van der Waals surface area contributed by atoms with Crippen molar-refractivity contribution in [2.45, 2.75) is 19.4 Å². The zero-order chi connectivity index (χ0) is 15.0. The van der Waals surface area contributed by atoms with Gasteiger partial charge in [-0.05, 0) is 18.1 Å². The molecule has 0 N–H and O–H groups in total. The molecule has 0 radical (unpaired) electrons. The highest BCUT2D eigenvalue weighted by Crippen LogP contribution is 2.13. The SMILES string of the molecule is CO[Si](CCOC(=O)Cc1ccccc1C)(OC)OC. The molecule has 0 spiro atoms. The molecule has 0 aliphatic heterocycles. The van der Waals surface area contributed by atoms with Gasteiger partial charge in [0, 0.05) is 21.3 Å². The molecule has 0 unspecified atom stereocenters. The number of aryl methyl sites for hydroxylation is 1. The molecule has 6 heteroatoms. The summed E-state index contributed by atoms with van der Waals surface area (Å²) in [4.78, 5) is 11.8. The molecule has 0 aliphatic carbocycles. The van der Waals surface area contributed by atoms with Crippen LogP contribution in [0.1, 0.15) is 11.1 Å². The van der Waals surface area contributed by atoms with Crippen LogP contribution in [0.3, 0.4) is 0 Å². The summed E-state index contributed by atoms with van der Waals surface area (Å²) in [5, 5.41) is 0. The zero-order valence-electron chi connectivity index (χ0n) is 12.5. The van der Waals surface area contributed by atoms with Crippen molar-refractivity contribution in [1.82, 2.24) is 0 Å². The van der Waals surface area contributed by atoms with E-state index in [1.807, 2.05) is 31.2 Å². The fraction of sp³-hybridized carbons (Fsp3) is 0.500. The van der Waals surface area contributed by atoms with Gasteiger partial charge in [-0.15, -0.1) is 0 Å². The third-order valence-electron chi connectivity index (χ3n) is 3.20. The van der Waals surface area contributed by atoms with E-state index in [4.69, 9.17) is 18.0 Å². The quantitative estimate of drug-likeness (QED) is 0.542. The van der Waals surface area contributed by atoms with Crippen molar-refractivity contribution in [1.29, 1.82) is 0 Å². The lowest BCUT2D eigenvalue weighted by atomic mass is 10.1. The van der Waals surface area contributed by atoms with E-state index in [-0.39, 0.29) is 19.0 Å². The van der Waals surface area contributed by atoms with Gasteiger partial charge in [-0.3, -0.25) is 4.79 Å². The number of rotatable bonds is 8. The van der Waals surface area contributed by atoms with E-state index in [1.165, 1.54) is 21.3 Å². The van der Waals surface area contributed by atoms with E-state index in [9.17, 15) is 4.79 Å². The van der Waals surface area contributed by atoms with Crippen molar-refractivity contribution in [3.05, 3.63) is 35.4 Å². The standard InChI is InChI=1S/C14H22O5Si/c1-12-7-5-6-8-13(12)11-14(15)19-9-10-20(16-2,17-3)18-4/h5-8H,9-11H2,1-4H3. The van der Waals surface area contributed by atoms with E-state index in [2.05, 4.69) is 0 Å². The van der Waals surface area contributed by atoms with Gasteiger partial charge in [0.25, 0.3) is 0 Å². The second-order valence-electron chi connectivity index (χ2n) is 4.37. The highest BCUT2D eigenvalue weighted by Gasteiger charge is 2.37. The van der Waals surface area contributed by atoms with Crippen LogP contribution in [0.25, 0.3) is 0 Å². The third-order valence-corrected chi connectivity index (χ3v) is 5.88. The fourth-order valence-corrected chi connectivity index (χ4v) is 3.33. The first kappa shape index (κ1) is 16.8. The Hall–Kier alpha value is -1.21. The van der Waals surface area contributed by atoms with Gasteiger partial charge in [-0.2, -0.15) is 0 Å². The molecule has 5 nitrogen and oxygen atoms in total. The number of esters is 1. The van der Waals surface area contributed by atoms with E-state index < -0.39 is 8.80 Å². The summed E-state index contributed by atoms with van der Waals surface area (Å²) in [5.41, 5.74) is 2.06. The third kappa shape index (κ3) is 4.72. The van der Waals surface area contributed by atoms with Crippen molar-refractivity contribution in [3.8, 4) is 0 Å². The minimum absolute atomic E-state index is 0.229. The Labute approximate surface area is 121 Å². The van der Waals surface area contributed by atoms with Crippen LogP contribution in [0.15, 0.2) is 24.3 Å². The molecule has 0 atom stereocenters. The Morgan fingerprint density at radius 2 is 1.70 bits per heavy atom. The number of ether oxygens (including phenoxy) is 1. The molecule has 1 aromatic carbocycles. The van der Waals surface area contributed by atoms with Crippen LogP contribution in [0.5, 0.6) is 0 Å². The predicted molar refractivity (Wildman–Crippen MR) is 77.4 cm³/mol. The van der Waals surface area contributed by atoms with Crippen LogP contribution in [-0.4, -0.2) is 42.7 Å². The van der Waals surface area contributed by atoms with Crippen LogP contribution in [0.4, 0.5) is 0 Å². The van der Waals surface area contributed by atoms with Crippen molar-refractivity contribution in [2.75, 3.05) is 27.9 Å². The normalized spacial score (nSPS) is 11.4. The Balaban J connectivity index is 2.43. The van der Waals surface area contributed by atoms with Gasteiger partial charge in [0.1, 0.15) is 0 Å². The molecular weight excluding hydrogens is 276 g/mol. The Kier molecular flexibility index (Phi) is 6.87. The molecular formula is C14H22O5Si. The lowest BCUT2D eigenvalue weighted by Crippen LogP contribution is -2.43. The van der Waals surface area contributed by atoms with E-state index in [1.54, 1.807) is 0 Å². The number of hydrogen-bond donors (Lipinski definition) is 0. The molecule has 0 bridgehead atoms. The molecule has 0 fully saturated rings. The van der Waals surface area contributed by atoms with Crippen LogP contribution < -0.4 is 0 Å². The maximum absolute atomic E-state index is 11.8. The lowest BCUT2D eigenvalue weighted by Gasteiger charge is -2.23. The molecule has 0 amide bonds. The summed E-state index contributed by atoms with van der Waals surface area (Å²) in [6.45, 7) is 2.20. The molecule has 20 heavy (non-hydrogen) atoms. The molecule has 1 rings (SSSR count). The maximum Gasteiger partial charge on any atom is 0.503 e. The molecule has 0 heterocycles.